The number of carbonyl (C=O) groups excluding carboxylic acids is 3. The first kappa shape index (κ1) is 22.0. The molecule has 31 heavy (non-hydrogen) atoms. The smallest absolute Gasteiger partial charge is 0.279 e. The molecule has 2 aromatic carbocycles. The van der Waals surface area contributed by atoms with E-state index in [1.54, 1.807) is 55.5 Å². The number of carbonyl (C=O) groups is 3. The molecule has 1 aromatic heterocycles. The van der Waals surface area contributed by atoms with Crippen LogP contribution in [0.15, 0.2) is 60.7 Å². The van der Waals surface area contributed by atoms with E-state index in [-0.39, 0.29) is 12.4 Å². The summed E-state index contributed by atoms with van der Waals surface area (Å²) in [5, 5.41) is 2.48. The van der Waals surface area contributed by atoms with Gasteiger partial charge in [-0.25, -0.2) is 4.39 Å². The predicted octanol–water partition coefficient (Wildman–Crippen LogP) is 3.14. The van der Waals surface area contributed by atoms with Gasteiger partial charge in [0.25, 0.3) is 17.7 Å². The summed E-state index contributed by atoms with van der Waals surface area (Å²) in [7, 11) is 0. The van der Waals surface area contributed by atoms with E-state index in [1.165, 1.54) is 23.5 Å². The molecule has 0 fully saturated rings. The molecule has 9 heteroatoms. The van der Waals surface area contributed by atoms with Crippen molar-refractivity contribution in [2.75, 3.05) is 13.2 Å². The third-order valence-electron chi connectivity index (χ3n) is 4.12. The number of thiophene rings is 1. The summed E-state index contributed by atoms with van der Waals surface area (Å²) in [6, 6.07) is 16.0. The van der Waals surface area contributed by atoms with Crippen molar-refractivity contribution in [1.29, 1.82) is 0 Å². The van der Waals surface area contributed by atoms with Crippen LogP contribution in [-0.4, -0.2) is 30.9 Å². The van der Waals surface area contributed by atoms with Gasteiger partial charge in [0.15, 0.2) is 0 Å². The standard InChI is InChI=1S/C22H20FN3O4S/c1-2-30-17-6-4-3-5-16(17)21(28)24-13-20(27)25-26-22(29)19-12-11-18(31-19)14-7-9-15(23)10-8-14/h3-12H,2,13H2,1H3,(H,24,28)(H,25,27)(H,26,29). The molecule has 3 amide bonds. The number of halogens is 1. The zero-order valence-electron chi connectivity index (χ0n) is 16.6. The van der Waals surface area contributed by atoms with Crippen molar-refractivity contribution in [2.24, 2.45) is 0 Å². The maximum absolute atomic E-state index is 13.0. The van der Waals surface area contributed by atoms with Gasteiger partial charge in [0.1, 0.15) is 11.6 Å². The van der Waals surface area contributed by atoms with Crippen LogP contribution >= 0.6 is 11.3 Å². The number of para-hydroxylation sites is 1. The molecule has 3 aromatic rings. The summed E-state index contributed by atoms with van der Waals surface area (Å²) < 4.78 is 18.4. The minimum Gasteiger partial charge on any atom is -0.493 e. The topological polar surface area (TPSA) is 96.5 Å². The molecule has 0 bridgehead atoms. The Morgan fingerprint density at radius 3 is 2.42 bits per heavy atom. The molecule has 0 aliphatic rings. The molecular weight excluding hydrogens is 421 g/mol. The van der Waals surface area contributed by atoms with Gasteiger partial charge in [0.05, 0.1) is 23.6 Å². The second-order valence-corrected chi connectivity index (χ2v) is 7.37. The minimum atomic E-state index is -0.592. The Hall–Kier alpha value is -3.72. The van der Waals surface area contributed by atoms with E-state index in [9.17, 15) is 18.8 Å². The lowest BCUT2D eigenvalue weighted by Gasteiger charge is -2.11. The highest BCUT2D eigenvalue weighted by atomic mass is 32.1. The van der Waals surface area contributed by atoms with Crippen LogP contribution in [0.2, 0.25) is 0 Å². The number of rotatable bonds is 7. The van der Waals surface area contributed by atoms with Crippen LogP contribution in [0.4, 0.5) is 4.39 Å². The Bertz CT molecular complexity index is 1080. The molecule has 7 nitrogen and oxygen atoms in total. The van der Waals surface area contributed by atoms with Crippen molar-refractivity contribution in [3.8, 4) is 16.2 Å². The largest absolute Gasteiger partial charge is 0.493 e. The van der Waals surface area contributed by atoms with Gasteiger partial charge in [-0.15, -0.1) is 11.3 Å². The molecule has 3 N–H and O–H groups in total. The lowest BCUT2D eigenvalue weighted by Crippen LogP contribution is -2.46. The fraction of sp³-hybridized carbons (Fsp3) is 0.136. The molecule has 0 aliphatic carbocycles. The van der Waals surface area contributed by atoms with Crippen molar-refractivity contribution < 1.29 is 23.5 Å². The quantitative estimate of drug-likeness (QED) is 0.491. The fourth-order valence-corrected chi connectivity index (χ4v) is 3.56. The van der Waals surface area contributed by atoms with Gasteiger partial charge in [0.2, 0.25) is 0 Å². The monoisotopic (exact) mass is 441 g/mol. The van der Waals surface area contributed by atoms with E-state index in [0.29, 0.717) is 22.8 Å². The molecule has 0 spiro atoms. The fourth-order valence-electron chi connectivity index (χ4n) is 2.65. The van der Waals surface area contributed by atoms with Crippen molar-refractivity contribution >= 4 is 29.1 Å². The maximum atomic E-state index is 13.0. The Labute approximate surface area is 182 Å². The van der Waals surface area contributed by atoms with Gasteiger partial charge in [-0.2, -0.15) is 0 Å². The summed E-state index contributed by atoms with van der Waals surface area (Å²) >= 11 is 1.20. The SMILES string of the molecule is CCOc1ccccc1C(=O)NCC(=O)NNC(=O)c1ccc(-c2ccc(F)cc2)s1. The number of hydrazine groups is 1. The molecule has 0 aliphatic heterocycles. The van der Waals surface area contributed by atoms with Crippen molar-refractivity contribution in [3.63, 3.8) is 0 Å². The molecule has 0 saturated heterocycles. The average molecular weight is 441 g/mol. The van der Waals surface area contributed by atoms with Gasteiger partial charge in [-0.05, 0) is 48.9 Å². The summed E-state index contributed by atoms with van der Waals surface area (Å²) in [5.41, 5.74) is 5.66. The molecule has 0 unspecified atom stereocenters. The number of hydrogen-bond acceptors (Lipinski definition) is 5. The molecule has 160 valence electrons. The van der Waals surface area contributed by atoms with E-state index < -0.39 is 17.7 Å². The number of hydrogen-bond donors (Lipinski definition) is 3. The van der Waals surface area contributed by atoms with Crippen LogP contribution in [-0.2, 0) is 4.79 Å². The van der Waals surface area contributed by atoms with Crippen molar-refractivity contribution in [1.82, 2.24) is 16.2 Å². The van der Waals surface area contributed by atoms with E-state index in [4.69, 9.17) is 4.74 Å². The Kier molecular flexibility index (Phi) is 7.34. The lowest BCUT2D eigenvalue weighted by molar-refractivity contribution is -0.120. The zero-order valence-corrected chi connectivity index (χ0v) is 17.4. The summed E-state index contributed by atoms with van der Waals surface area (Å²) in [6.07, 6.45) is 0. The number of amides is 3. The van der Waals surface area contributed by atoms with Gasteiger partial charge < -0.3 is 10.1 Å². The second kappa shape index (κ2) is 10.4. The van der Waals surface area contributed by atoms with E-state index >= 15 is 0 Å². The first-order valence-corrected chi connectivity index (χ1v) is 10.2. The first-order valence-electron chi connectivity index (χ1n) is 9.43. The number of benzene rings is 2. The third-order valence-corrected chi connectivity index (χ3v) is 5.25. The zero-order chi connectivity index (χ0) is 22.2. The highest BCUT2D eigenvalue weighted by Crippen LogP contribution is 2.28. The van der Waals surface area contributed by atoms with Crippen LogP contribution in [0.3, 0.4) is 0 Å². The molecule has 0 radical (unpaired) electrons. The Morgan fingerprint density at radius 2 is 1.68 bits per heavy atom. The predicted molar refractivity (Wildman–Crippen MR) is 115 cm³/mol. The highest BCUT2D eigenvalue weighted by molar-refractivity contribution is 7.17. The van der Waals surface area contributed by atoms with E-state index in [0.717, 1.165) is 10.4 Å². The molecular formula is C22H20FN3O4S. The summed E-state index contributed by atoms with van der Waals surface area (Å²) in [6.45, 7) is 1.88. The maximum Gasteiger partial charge on any atom is 0.279 e. The molecule has 1 heterocycles. The van der Waals surface area contributed by atoms with Gasteiger partial charge in [-0.3, -0.25) is 25.2 Å². The third kappa shape index (κ3) is 5.89. The molecule has 0 atom stereocenters. The number of ether oxygens (including phenoxy) is 1. The van der Waals surface area contributed by atoms with Crippen LogP contribution in [0.25, 0.3) is 10.4 Å². The normalized spacial score (nSPS) is 10.3. The highest BCUT2D eigenvalue weighted by Gasteiger charge is 2.14. The lowest BCUT2D eigenvalue weighted by atomic mass is 10.2. The van der Waals surface area contributed by atoms with E-state index in [2.05, 4.69) is 16.2 Å². The Morgan fingerprint density at radius 1 is 0.935 bits per heavy atom. The van der Waals surface area contributed by atoms with Crippen LogP contribution in [0.1, 0.15) is 27.0 Å². The second-order valence-electron chi connectivity index (χ2n) is 6.28. The molecule has 3 rings (SSSR count). The van der Waals surface area contributed by atoms with Gasteiger partial charge in [0, 0.05) is 4.88 Å². The Balaban J connectivity index is 1.49. The van der Waals surface area contributed by atoms with Crippen molar-refractivity contribution in [3.05, 3.63) is 76.9 Å². The van der Waals surface area contributed by atoms with Crippen molar-refractivity contribution in [2.45, 2.75) is 6.92 Å². The average Bonchev–Trinajstić information content (AvgIpc) is 3.27. The van der Waals surface area contributed by atoms with Crippen LogP contribution in [0, 0.1) is 5.82 Å². The molecule has 0 saturated carbocycles. The van der Waals surface area contributed by atoms with Gasteiger partial charge >= 0.3 is 0 Å². The van der Waals surface area contributed by atoms with Crippen LogP contribution < -0.4 is 20.9 Å². The first-order chi connectivity index (χ1) is 15.0. The summed E-state index contributed by atoms with van der Waals surface area (Å²) in [4.78, 5) is 37.7. The van der Waals surface area contributed by atoms with E-state index in [1.807, 2.05) is 0 Å². The number of nitrogens with one attached hydrogen (secondary N) is 3. The van der Waals surface area contributed by atoms with Crippen LogP contribution in [0.5, 0.6) is 5.75 Å². The van der Waals surface area contributed by atoms with Gasteiger partial charge in [-0.1, -0.05) is 24.3 Å². The summed E-state index contributed by atoms with van der Waals surface area (Å²) in [5.74, 6) is -1.47. The minimum absolute atomic E-state index is 0.313.